The zero-order valence-electron chi connectivity index (χ0n) is 23.0. The smallest absolute Gasteiger partial charge is 0.170 e. The lowest BCUT2D eigenvalue weighted by Gasteiger charge is -2.24. The highest BCUT2D eigenvalue weighted by atomic mass is 31.0. The molecule has 3 aromatic carbocycles. The first kappa shape index (κ1) is 27.1. The zero-order valence-corrected chi connectivity index (χ0v) is 24.2. The van der Waals surface area contributed by atoms with Gasteiger partial charge in [0.05, 0.1) is 9.47 Å². The van der Waals surface area contributed by atoms with Gasteiger partial charge in [-0.1, -0.05) is 86.6 Å². The molecule has 0 spiro atoms. The minimum absolute atomic E-state index is 0.0150. The van der Waals surface area contributed by atoms with Crippen LogP contribution in [-0.2, 0) is 16.2 Å². The molecule has 0 aliphatic rings. The molecule has 4 heteroatoms. The largest absolute Gasteiger partial charge is 0.476 e. The number of hydrogen-bond donors (Lipinski definition) is 0. The van der Waals surface area contributed by atoms with Crippen LogP contribution in [0.2, 0.25) is 0 Å². The van der Waals surface area contributed by atoms with E-state index in [2.05, 4.69) is 115 Å². The van der Waals surface area contributed by atoms with Gasteiger partial charge in [0.2, 0.25) is 0 Å². The van der Waals surface area contributed by atoms with Gasteiger partial charge < -0.3 is 14.0 Å². The summed E-state index contributed by atoms with van der Waals surface area (Å²) < 4.78 is 18.5. The van der Waals surface area contributed by atoms with Crippen LogP contribution in [-0.4, -0.2) is 0 Å². The summed E-state index contributed by atoms with van der Waals surface area (Å²) in [6, 6.07) is 18.7. The van der Waals surface area contributed by atoms with Crippen LogP contribution in [0.25, 0.3) is 0 Å². The van der Waals surface area contributed by atoms with Crippen molar-refractivity contribution in [2.45, 2.75) is 85.5 Å². The second kappa shape index (κ2) is 9.86. The van der Waals surface area contributed by atoms with E-state index in [1.54, 1.807) is 0 Å². The van der Waals surface area contributed by atoms with Gasteiger partial charge in [-0.3, -0.25) is 0 Å². The van der Waals surface area contributed by atoms with Crippen LogP contribution < -0.4 is 14.0 Å². The Kier molecular flexibility index (Phi) is 7.63. The van der Waals surface area contributed by atoms with Crippen LogP contribution >= 0.6 is 9.47 Å². The summed E-state index contributed by atoms with van der Waals surface area (Å²) in [5.41, 5.74) is 4.75. The first-order chi connectivity index (χ1) is 16.1. The summed E-state index contributed by atoms with van der Waals surface area (Å²) in [7, 11) is 2.32. The standard InChI is InChI=1S/C31H41O3P/c1-20-17-21(29(2,3)4)11-14-24(20)32-27-18-22(30(5,6)7)12-15-25(27)33-28-19-23(31(8,9)10)13-16-26(28)34-35/h11-19H,35H2,1-10H3. The molecule has 0 heterocycles. The number of benzene rings is 3. The minimum Gasteiger partial charge on any atom is -0.476 e. The fourth-order valence-corrected chi connectivity index (χ4v) is 3.95. The first-order valence-corrected chi connectivity index (χ1v) is 12.7. The molecule has 3 aromatic rings. The molecule has 0 aliphatic carbocycles. The van der Waals surface area contributed by atoms with E-state index in [-0.39, 0.29) is 16.2 Å². The molecule has 1 atom stereocenters. The highest BCUT2D eigenvalue weighted by Gasteiger charge is 2.21. The average Bonchev–Trinajstić information content (AvgIpc) is 2.74. The molecule has 0 aliphatic heterocycles. The number of ether oxygens (including phenoxy) is 2. The van der Waals surface area contributed by atoms with Crippen molar-refractivity contribution in [1.29, 1.82) is 0 Å². The van der Waals surface area contributed by atoms with Crippen molar-refractivity contribution in [2.24, 2.45) is 0 Å². The van der Waals surface area contributed by atoms with Crippen LogP contribution in [0.15, 0.2) is 54.6 Å². The van der Waals surface area contributed by atoms with Crippen molar-refractivity contribution >= 4 is 9.47 Å². The number of hydrogen-bond acceptors (Lipinski definition) is 3. The molecular formula is C31H41O3P. The zero-order chi connectivity index (χ0) is 26.2. The summed E-state index contributed by atoms with van der Waals surface area (Å²) >= 11 is 0. The Morgan fingerprint density at radius 1 is 0.486 bits per heavy atom. The average molecular weight is 493 g/mol. The maximum Gasteiger partial charge on any atom is 0.170 e. The van der Waals surface area contributed by atoms with Gasteiger partial charge in [0.15, 0.2) is 23.0 Å². The van der Waals surface area contributed by atoms with Crippen LogP contribution in [0, 0.1) is 6.92 Å². The number of rotatable bonds is 5. The SMILES string of the molecule is Cc1cc(C(C)(C)C)ccc1Oc1cc(C(C)(C)C)ccc1Oc1cc(C(C)(C)C)ccc1OP. The molecule has 188 valence electrons. The van der Waals surface area contributed by atoms with Gasteiger partial charge in [-0.05, 0) is 75.8 Å². The number of aryl methyl sites for hydroxylation is 1. The van der Waals surface area contributed by atoms with Gasteiger partial charge in [0.1, 0.15) is 5.75 Å². The lowest BCUT2D eigenvalue weighted by Crippen LogP contribution is -2.12. The van der Waals surface area contributed by atoms with E-state index in [0.29, 0.717) is 23.0 Å². The third kappa shape index (κ3) is 6.58. The summed E-state index contributed by atoms with van der Waals surface area (Å²) in [6.07, 6.45) is 0. The fourth-order valence-electron chi connectivity index (χ4n) is 3.76. The van der Waals surface area contributed by atoms with Gasteiger partial charge in [-0.2, -0.15) is 0 Å². The summed E-state index contributed by atoms with van der Waals surface area (Å²) in [5.74, 6) is 3.45. The Hall–Kier alpha value is -2.51. The van der Waals surface area contributed by atoms with Crippen molar-refractivity contribution < 1.29 is 14.0 Å². The van der Waals surface area contributed by atoms with Gasteiger partial charge in [0, 0.05) is 0 Å². The molecular weight excluding hydrogens is 451 g/mol. The Labute approximate surface area is 214 Å². The van der Waals surface area contributed by atoms with Gasteiger partial charge >= 0.3 is 0 Å². The molecule has 35 heavy (non-hydrogen) atoms. The highest BCUT2D eigenvalue weighted by molar-refractivity contribution is 7.10. The van der Waals surface area contributed by atoms with E-state index in [1.165, 1.54) is 16.7 Å². The molecule has 0 saturated carbocycles. The summed E-state index contributed by atoms with van der Waals surface area (Å²) in [4.78, 5) is 0. The van der Waals surface area contributed by atoms with Gasteiger partial charge in [-0.25, -0.2) is 0 Å². The predicted molar refractivity (Wildman–Crippen MR) is 151 cm³/mol. The van der Waals surface area contributed by atoms with Gasteiger partial charge in [-0.15, -0.1) is 0 Å². The molecule has 0 bridgehead atoms. The molecule has 3 rings (SSSR count). The first-order valence-electron chi connectivity index (χ1n) is 12.2. The molecule has 3 nitrogen and oxygen atoms in total. The second-order valence-corrected chi connectivity index (χ2v) is 12.6. The molecule has 0 radical (unpaired) electrons. The van der Waals surface area contributed by atoms with Crippen molar-refractivity contribution in [1.82, 2.24) is 0 Å². The Morgan fingerprint density at radius 3 is 1.29 bits per heavy atom. The van der Waals surface area contributed by atoms with Crippen LogP contribution in [0.5, 0.6) is 28.7 Å². The molecule has 0 aromatic heterocycles. The van der Waals surface area contributed by atoms with Crippen molar-refractivity contribution in [3.63, 3.8) is 0 Å². The molecule has 0 N–H and O–H groups in total. The maximum atomic E-state index is 6.52. The lowest BCUT2D eigenvalue weighted by molar-refractivity contribution is 0.405. The van der Waals surface area contributed by atoms with E-state index in [1.807, 2.05) is 18.2 Å². The van der Waals surface area contributed by atoms with Gasteiger partial charge in [0.25, 0.3) is 0 Å². The van der Waals surface area contributed by atoms with Crippen molar-refractivity contribution in [2.75, 3.05) is 0 Å². The molecule has 1 unspecified atom stereocenters. The third-order valence-corrected chi connectivity index (χ3v) is 6.48. The Balaban J connectivity index is 2.08. The van der Waals surface area contributed by atoms with Crippen molar-refractivity contribution in [3.8, 4) is 28.7 Å². The predicted octanol–water partition coefficient (Wildman–Crippen LogP) is 9.64. The Morgan fingerprint density at radius 2 is 0.857 bits per heavy atom. The fraction of sp³-hybridized carbons (Fsp3) is 0.419. The second-order valence-electron chi connectivity index (χ2n) is 12.4. The molecule has 0 saturated heterocycles. The summed E-state index contributed by atoms with van der Waals surface area (Å²) in [6.45, 7) is 21.9. The van der Waals surface area contributed by atoms with Crippen LogP contribution in [0.4, 0.5) is 0 Å². The summed E-state index contributed by atoms with van der Waals surface area (Å²) in [5, 5.41) is 0. The maximum absolute atomic E-state index is 6.52. The van der Waals surface area contributed by atoms with E-state index >= 15 is 0 Å². The van der Waals surface area contributed by atoms with E-state index in [9.17, 15) is 0 Å². The Bertz CT molecular complexity index is 1190. The van der Waals surface area contributed by atoms with Crippen LogP contribution in [0.1, 0.15) is 84.6 Å². The minimum atomic E-state index is -0.0255. The monoisotopic (exact) mass is 492 g/mol. The quantitative estimate of drug-likeness (QED) is 0.332. The lowest BCUT2D eigenvalue weighted by atomic mass is 9.86. The van der Waals surface area contributed by atoms with E-state index in [0.717, 1.165) is 11.3 Å². The van der Waals surface area contributed by atoms with E-state index < -0.39 is 0 Å². The normalized spacial score (nSPS) is 12.4. The van der Waals surface area contributed by atoms with Crippen molar-refractivity contribution in [3.05, 3.63) is 76.9 Å². The highest BCUT2D eigenvalue weighted by Crippen LogP contribution is 2.43. The third-order valence-electron chi connectivity index (χ3n) is 6.23. The van der Waals surface area contributed by atoms with Crippen LogP contribution in [0.3, 0.4) is 0 Å². The molecule has 0 fully saturated rings. The topological polar surface area (TPSA) is 27.7 Å². The molecule has 0 amide bonds. The van der Waals surface area contributed by atoms with E-state index in [4.69, 9.17) is 14.0 Å².